The van der Waals surface area contributed by atoms with Crippen molar-refractivity contribution in [2.75, 3.05) is 53.6 Å². The Bertz CT molecular complexity index is 1060. The Morgan fingerprint density at radius 1 is 1.13 bits per heavy atom. The second kappa shape index (κ2) is 11.9. The van der Waals surface area contributed by atoms with Crippen LogP contribution in [0.1, 0.15) is 43.6 Å². The molecular formula is C29H39FN4O4. The number of benzene rings is 1. The zero-order valence-corrected chi connectivity index (χ0v) is 22.4. The number of amides is 1. The fraction of sp³-hybridized carbons (Fsp3) is 0.586. The Hall–Kier alpha value is -2.91. The summed E-state index contributed by atoms with van der Waals surface area (Å²) in [6, 6.07) is 10.1. The van der Waals surface area contributed by atoms with Gasteiger partial charge in [-0.25, -0.2) is 9.18 Å². The van der Waals surface area contributed by atoms with Crippen LogP contribution < -0.4 is 20.1 Å². The molecule has 0 bridgehead atoms. The van der Waals surface area contributed by atoms with Crippen molar-refractivity contribution in [3.63, 3.8) is 0 Å². The van der Waals surface area contributed by atoms with Crippen molar-refractivity contribution in [3.8, 4) is 22.8 Å². The summed E-state index contributed by atoms with van der Waals surface area (Å²) in [4.78, 5) is 18.8. The van der Waals surface area contributed by atoms with E-state index in [2.05, 4.69) is 21.7 Å². The van der Waals surface area contributed by atoms with Crippen LogP contribution in [0.5, 0.6) is 11.5 Å². The number of carbonyl (C=O) groups is 1. The molecule has 2 aromatic rings. The van der Waals surface area contributed by atoms with Crippen molar-refractivity contribution >= 4 is 6.09 Å². The number of nitrogens with one attached hydrogen (secondary N) is 2. The standard InChI is InChI=1S/C29H39FN4O4/c1-36-23-13-22(14-24(15-23)37-2)26-4-3-21(17-32-26)25-16-27(25)33-19-29(30)7-11-34(12-8-29)28(35)38-18-20-5-9-31-10-6-20/h3-4,13-15,17,20,25,27,31,33H,5-12,16,18-19H2,1-2H3/t25-,27?/m1/s1. The van der Waals surface area contributed by atoms with Gasteiger partial charge in [-0.3, -0.25) is 4.98 Å². The van der Waals surface area contributed by atoms with Gasteiger partial charge >= 0.3 is 6.09 Å². The summed E-state index contributed by atoms with van der Waals surface area (Å²) in [6.45, 7) is 3.53. The van der Waals surface area contributed by atoms with E-state index in [1.165, 1.54) is 0 Å². The van der Waals surface area contributed by atoms with Crippen LogP contribution in [-0.4, -0.2) is 81.2 Å². The van der Waals surface area contributed by atoms with Gasteiger partial charge in [-0.2, -0.15) is 0 Å². The van der Waals surface area contributed by atoms with E-state index in [9.17, 15) is 4.79 Å². The number of methoxy groups -OCH3 is 2. The number of likely N-dealkylation sites (tertiary alicyclic amines) is 1. The number of alkyl halides is 1. The van der Waals surface area contributed by atoms with Gasteiger partial charge < -0.3 is 29.7 Å². The SMILES string of the molecule is COc1cc(OC)cc(-c2ccc([C@H]3CC3NCC3(F)CCN(C(=O)OCC4CCNCC4)CC3)cn2)c1. The molecular weight excluding hydrogens is 487 g/mol. The highest BCUT2D eigenvalue weighted by atomic mass is 19.1. The topological polar surface area (TPSA) is 85.0 Å². The quantitative estimate of drug-likeness (QED) is 0.508. The van der Waals surface area contributed by atoms with Gasteiger partial charge in [0.15, 0.2) is 0 Å². The van der Waals surface area contributed by atoms with Crippen LogP contribution >= 0.6 is 0 Å². The van der Waals surface area contributed by atoms with Gasteiger partial charge in [0.05, 0.1) is 26.5 Å². The van der Waals surface area contributed by atoms with Crippen molar-refractivity contribution < 1.29 is 23.4 Å². The van der Waals surface area contributed by atoms with Crippen molar-refractivity contribution in [2.24, 2.45) is 5.92 Å². The first-order chi connectivity index (χ1) is 18.5. The van der Waals surface area contributed by atoms with E-state index in [1.54, 1.807) is 19.1 Å². The third-order valence-corrected chi connectivity index (χ3v) is 8.15. The van der Waals surface area contributed by atoms with Gasteiger partial charge in [-0.05, 0) is 62.0 Å². The Labute approximate surface area is 224 Å². The molecule has 1 aromatic heterocycles. The van der Waals surface area contributed by atoms with Crippen molar-refractivity contribution in [1.82, 2.24) is 20.5 Å². The zero-order chi connectivity index (χ0) is 26.5. The molecule has 0 radical (unpaired) electrons. The summed E-state index contributed by atoms with van der Waals surface area (Å²) in [6.07, 6.45) is 5.31. The number of carbonyl (C=O) groups excluding carboxylic acids is 1. The van der Waals surface area contributed by atoms with Gasteiger partial charge in [0, 0.05) is 62.3 Å². The van der Waals surface area contributed by atoms with E-state index >= 15 is 4.39 Å². The van der Waals surface area contributed by atoms with Crippen LogP contribution in [0.15, 0.2) is 36.5 Å². The first-order valence-electron chi connectivity index (χ1n) is 13.7. The molecule has 1 aromatic carbocycles. The molecule has 9 heteroatoms. The maximum atomic E-state index is 15.5. The summed E-state index contributed by atoms with van der Waals surface area (Å²) >= 11 is 0. The van der Waals surface area contributed by atoms with Crippen LogP contribution in [0.2, 0.25) is 0 Å². The summed E-state index contributed by atoms with van der Waals surface area (Å²) in [5, 5.41) is 6.74. The Balaban J connectivity index is 1.06. The fourth-order valence-corrected chi connectivity index (χ4v) is 5.45. The highest BCUT2D eigenvalue weighted by Crippen LogP contribution is 2.41. The summed E-state index contributed by atoms with van der Waals surface area (Å²) in [5.41, 5.74) is 1.63. The second-order valence-electron chi connectivity index (χ2n) is 10.8. The number of nitrogens with zero attached hydrogens (tertiary/aromatic N) is 2. The Kier molecular flexibility index (Phi) is 8.33. The van der Waals surface area contributed by atoms with Crippen LogP contribution in [0, 0.1) is 5.92 Å². The molecule has 0 spiro atoms. The lowest BCUT2D eigenvalue weighted by Gasteiger charge is -2.36. The van der Waals surface area contributed by atoms with E-state index in [0.29, 0.717) is 50.9 Å². The molecule has 8 nitrogen and oxygen atoms in total. The Morgan fingerprint density at radius 3 is 2.47 bits per heavy atom. The summed E-state index contributed by atoms with van der Waals surface area (Å²) in [7, 11) is 3.26. The lowest BCUT2D eigenvalue weighted by Crippen LogP contribution is -2.49. The van der Waals surface area contributed by atoms with E-state index in [1.807, 2.05) is 30.5 Å². The zero-order valence-electron chi connectivity index (χ0n) is 22.4. The van der Waals surface area contributed by atoms with Crippen LogP contribution in [0.3, 0.4) is 0 Å². The lowest BCUT2D eigenvalue weighted by atomic mass is 9.93. The minimum atomic E-state index is -1.30. The molecule has 1 aliphatic carbocycles. The molecule has 2 atom stereocenters. The molecule has 1 saturated carbocycles. The van der Waals surface area contributed by atoms with E-state index in [0.717, 1.165) is 60.7 Å². The molecule has 3 aliphatic rings. The van der Waals surface area contributed by atoms with Crippen LogP contribution in [-0.2, 0) is 4.74 Å². The minimum Gasteiger partial charge on any atom is -0.497 e. The van der Waals surface area contributed by atoms with Crippen molar-refractivity contribution in [3.05, 3.63) is 42.1 Å². The molecule has 2 aliphatic heterocycles. The lowest BCUT2D eigenvalue weighted by molar-refractivity contribution is 0.0362. The van der Waals surface area contributed by atoms with E-state index in [-0.39, 0.29) is 12.1 Å². The van der Waals surface area contributed by atoms with Crippen LogP contribution in [0.25, 0.3) is 11.3 Å². The second-order valence-corrected chi connectivity index (χ2v) is 10.8. The third kappa shape index (κ3) is 6.56. The predicted octanol–water partition coefficient (Wildman–Crippen LogP) is 4.15. The van der Waals surface area contributed by atoms with Gasteiger partial charge in [0.2, 0.25) is 0 Å². The monoisotopic (exact) mass is 526 g/mol. The molecule has 3 heterocycles. The largest absolute Gasteiger partial charge is 0.497 e. The molecule has 1 unspecified atom stereocenters. The highest BCUT2D eigenvalue weighted by molar-refractivity contribution is 5.67. The number of piperidine rings is 2. The number of hydrogen-bond acceptors (Lipinski definition) is 7. The molecule has 38 heavy (non-hydrogen) atoms. The van der Waals surface area contributed by atoms with Gasteiger partial charge in [-0.1, -0.05) is 6.07 Å². The average molecular weight is 527 g/mol. The smallest absolute Gasteiger partial charge is 0.409 e. The normalized spacial score (nSPS) is 23.1. The number of aromatic nitrogens is 1. The van der Waals surface area contributed by atoms with E-state index in [4.69, 9.17) is 14.2 Å². The number of halogens is 1. The summed E-state index contributed by atoms with van der Waals surface area (Å²) in [5.74, 6) is 2.20. The molecule has 5 rings (SSSR count). The first kappa shape index (κ1) is 26.7. The maximum Gasteiger partial charge on any atom is 0.409 e. The highest BCUT2D eigenvalue weighted by Gasteiger charge is 2.42. The molecule has 1 amide bonds. The fourth-order valence-electron chi connectivity index (χ4n) is 5.45. The molecule has 206 valence electrons. The Morgan fingerprint density at radius 2 is 1.84 bits per heavy atom. The van der Waals surface area contributed by atoms with Crippen molar-refractivity contribution in [1.29, 1.82) is 0 Å². The number of rotatable bonds is 9. The molecule has 2 N–H and O–H groups in total. The van der Waals surface area contributed by atoms with Crippen molar-refractivity contribution in [2.45, 2.75) is 49.7 Å². The molecule has 2 saturated heterocycles. The van der Waals surface area contributed by atoms with E-state index < -0.39 is 5.67 Å². The predicted molar refractivity (Wildman–Crippen MR) is 144 cm³/mol. The third-order valence-electron chi connectivity index (χ3n) is 8.15. The average Bonchev–Trinajstić information content (AvgIpc) is 3.75. The number of ether oxygens (including phenoxy) is 3. The molecule has 3 fully saturated rings. The van der Waals surface area contributed by atoms with Gasteiger partial charge in [-0.15, -0.1) is 0 Å². The van der Waals surface area contributed by atoms with Gasteiger partial charge in [0.25, 0.3) is 0 Å². The number of pyridine rings is 1. The van der Waals surface area contributed by atoms with Crippen LogP contribution in [0.4, 0.5) is 9.18 Å². The van der Waals surface area contributed by atoms with Gasteiger partial charge in [0.1, 0.15) is 17.2 Å². The minimum absolute atomic E-state index is 0.250. The first-order valence-corrected chi connectivity index (χ1v) is 13.7. The maximum absolute atomic E-state index is 15.5. The summed E-state index contributed by atoms with van der Waals surface area (Å²) < 4.78 is 31.7. The number of hydrogen-bond donors (Lipinski definition) is 2.